The Balaban J connectivity index is 0.000000159. The lowest BCUT2D eigenvalue weighted by Crippen LogP contribution is -2.17. The Hall–Kier alpha value is -1.87. The molecule has 1 aliphatic rings. The Morgan fingerprint density at radius 1 is 0.917 bits per heavy atom. The van der Waals surface area contributed by atoms with Gasteiger partial charge >= 0.3 is 0 Å². The van der Waals surface area contributed by atoms with Gasteiger partial charge in [0.05, 0.1) is 0 Å². The number of aromatic amines is 1. The monoisotopic (exact) mass is 340 g/mol. The van der Waals surface area contributed by atoms with E-state index in [1.807, 2.05) is 32.2 Å². The maximum Gasteiger partial charge on any atom is 0.155 e. The number of fused-ring (bicyclic) bond motifs is 1. The first kappa shape index (κ1) is 17.0. The van der Waals surface area contributed by atoms with Crippen molar-refractivity contribution in [3.05, 3.63) is 59.8 Å². The van der Waals surface area contributed by atoms with Crippen LogP contribution in [0.1, 0.15) is 30.4 Å². The second-order valence-corrected chi connectivity index (χ2v) is 8.71. The second kappa shape index (κ2) is 7.80. The minimum absolute atomic E-state index is 0.452. The summed E-state index contributed by atoms with van der Waals surface area (Å²) in [6.07, 6.45) is 6.11. The minimum atomic E-state index is 0.452. The van der Waals surface area contributed by atoms with Crippen molar-refractivity contribution >= 4 is 21.8 Å². The van der Waals surface area contributed by atoms with E-state index in [4.69, 9.17) is 0 Å². The fourth-order valence-corrected chi connectivity index (χ4v) is 5.61. The fourth-order valence-electron chi connectivity index (χ4n) is 3.14. The van der Waals surface area contributed by atoms with E-state index in [0.717, 1.165) is 11.1 Å². The molecular weight excluding hydrogens is 314 g/mol. The molecule has 0 unspecified atom stereocenters. The van der Waals surface area contributed by atoms with Crippen molar-refractivity contribution in [2.24, 2.45) is 0 Å². The van der Waals surface area contributed by atoms with Crippen LogP contribution in [0, 0.1) is 13.8 Å². The van der Waals surface area contributed by atoms with Gasteiger partial charge in [-0.3, -0.25) is 0 Å². The van der Waals surface area contributed by atoms with Crippen molar-refractivity contribution in [2.75, 3.05) is 11.5 Å². The van der Waals surface area contributed by atoms with Crippen molar-refractivity contribution in [2.45, 2.75) is 38.0 Å². The van der Waals surface area contributed by atoms with Gasteiger partial charge in [-0.15, -0.1) is 0 Å². The molecule has 2 heterocycles. The molecule has 24 heavy (non-hydrogen) atoms. The molecule has 0 radical (unpaired) electrons. The van der Waals surface area contributed by atoms with Gasteiger partial charge in [-0.2, -0.15) is 0 Å². The first-order chi connectivity index (χ1) is 11.6. The lowest BCUT2D eigenvalue weighted by atomic mass is 10.1. The zero-order chi connectivity index (χ0) is 16.9. The van der Waals surface area contributed by atoms with Gasteiger partial charge in [-0.05, 0) is 73.9 Å². The highest BCUT2D eigenvalue weighted by Gasteiger charge is 2.25. The topological polar surface area (TPSA) is 36.0 Å². The van der Waals surface area contributed by atoms with E-state index in [1.165, 1.54) is 46.6 Å². The van der Waals surface area contributed by atoms with Crippen LogP contribution in [0.4, 0.5) is 0 Å². The van der Waals surface area contributed by atoms with Crippen LogP contribution in [0.3, 0.4) is 0 Å². The van der Waals surface area contributed by atoms with Crippen molar-refractivity contribution in [1.82, 2.24) is 4.98 Å². The third-order valence-corrected chi connectivity index (χ3v) is 7.01. The van der Waals surface area contributed by atoms with Crippen LogP contribution in [0.25, 0.3) is 10.9 Å². The Kier molecular flexibility index (Phi) is 5.52. The molecule has 3 heteroatoms. The molecule has 0 saturated carbocycles. The number of benzene rings is 2. The van der Waals surface area contributed by atoms with Crippen LogP contribution in [0.15, 0.2) is 53.6 Å². The Labute approximate surface area is 147 Å². The summed E-state index contributed by atoms with van der Waals surface area (Å²) in [4.78, 5) is 4.58. The number of para-hydroxylation sites is 1. The summed E-state index contributed by atoms with van der Waals surface area (Å²) in [6, 6.07) is 14.6. The molecule has 0 atom stereocenters. The summed E-state index contributed by atoms with van der Waals surface area (Å²) < 4.78 is 0. The van der Waals surface area contributed by atoms with E-state index in [9.17, 15) is 5.11 Å². The van der Waals surface area contributed by atoms with Gasteiger partial charge in [0.2, 0.25) is 0 Å². The molecule has 2 aromatic carbocycles. The molecule has 2 N–H and O–H groups in total. The zero-order valence-corrected chi connectivity index (χ0v) is 15.3. The van der Waals surface area contributed by atoms with Gasteiger partial charge in [0.25, 0.3) is 0 Å². The first-order valence-electron chi connectivity index (χ1n) is 8.65. The number of H-pyrrole nitrogens is 1. The van der Waals surface area contributed by atoms with E-state index < -0.39 is 0 Å². The van der Waals surface area contributed by atoms with Crippen LogP contribution < -0.4 is 0 Å². The molecule has 1 saturated heterocycles. The van der Waals surface area contributed by atoms with Gasteiger partial charge in [0.1, 0.15) is 17.3 Å². The van der Waals surface area contributed by atoms with Crippen LogP contribution >= 0.6 is 0 Å². The van der Waals surface area contributed by atoms with Crippen molar-refractivity contribution < 1.29 is 5.11 Å². The molecule has 1 aromatic heterocycles. The van der Waals surface area contributed by atoms with Crippen molar-refractivity contribution in [1.29, 1.82) is 0 Å². The summed E-state index contributed by atoms with van der Waals surface area (Å²) in [5.41, 5.74) is 3.27. The number of hydrogen-bond acceptors (Lipinski definition) is 1. The predicted octanol–water partition coefficient (Wildman–Crippen LogP) is 5.34. The second-order valence-electron chi connectivity index (χ2n) is 6.43. The molecule has 0 spiro atoms. The van der Waals surface area contributed by atoms with Crippen molar-refractivity contribution in [3.8, 4) is 5.75 Å². The van der Waals surface area contributed by atoms with Crippen LogP contribution in [0.5, 0.6) is 5.75 Å². The maximum atomic E-state index is 9.73. The largest absolute Gasteiger partial charge is 0.507 e. The number of aromatic nitrogens is 1. The minimum Gasteiger partial charge on any atom is -0.507 e. The third-order valence-electron chi connectivity index (χ3n) is 4.54. The van der Waals surface area contributed by atoms with E-state index in [1.54, 1.807) is 0 Å². The molecule has 2 nitrogen and oxygen atoms in total. The molecule has 1 aliphatic heterocycles. The number of hydrogen-bond donors (Lipinski definition) is 2. The van der Waals surface area contributed by atoms with E-state index in [-0.39, 0.29) is 0 Å². The number of aryl methyl sites for hydroxylation is 2. The van der Waals surface area contributed by atoms with E-state index >= 15 is 0 Å². The molecule has 0 amide bonds. The fraction of sp³-hybridized carbons (Fsp3) is 0.333. The number of rotatable bonds is 1. The normalized spacial score (nSPS) is 15.1. The first-order valence-corrected chi connectivity index (χ1v) is 10.2. The highest BCUT2D eigenvalue weighted by atomic mass is 32.2. The number of phenolic OH excluding ortho intramolecular Hbond substituents is 1. The maximum absolute atomic E-state index is 9.73. The standard InChI is InChI=1S/C13H18OS.C8H7N/c1-10-8-12(9-11(2)13(10)14)15-6-4-3-5-7-15;1-2-4-8-7(3-1)5-6-9-8/h8-9H,3-7H2,1-2H3;1-6,9H/p+1. The SMILES string of the molecule is Cc1cc([S+]2CCCCC2)cc(C)c1O.c1ccc2[nH]ccc2c1. The van der Waals surface area contributed by atoms with Gasteiger partial charge in [0.15, 0.2) is 4.90 Å². The average molecular weight is 341 g/mol. The highest BCUT2D eigenvalue weighted by molar-refractivity contribution is 7.96. The summed E-state index contributed by atoms with van der Waals surface area (Å²) in [5.74, 6) is 3.17. The number of phenols is 1. The molecular formula is C21H26NOS+. The smallest absolute Gasteiger partial charge is 0.155 e. The van der Waals surface area contributed by atoms with Crippen molar-refractivity contribution in [3.63, 3.8) is 0 Å². The van der Waals surface area contributed by atoms with Gasteiger partial charge < -0.3 is 10.1 Å². The molecule has 3 aromatic rings. The molecule has 0 aliphatic carbocycles. The molecule has 0 bridgehead atoms. The van der Waals surface area contributed by atoms with E-state index in [0.29, 0.717) is 16.6 Å². The summed E-state index contributed by atoms with van der Waals surface area (Å²) >= 11 is 0. The van der Waals surface area contributed by atoms with Gasteiger partial charge in [-0.1, -0.05) is 18.2 Å². The summed E-state index contributed by atoms with van der Waals surface area (Å²) in [7, 11) is 0.452. The summed E-state index contributed by atoms with van der Waals surface area (Å²) in [6.45, 7) is 4.00. The number of nitrogens with one attached hydrogen (secondary N) is 1. The Bertz CT molecular complexity index is 749. The quantitative estimate of drug-likeness (QED) is 0.576. The average Bonchev–Trinajstić information content (AvgIpc) is 3.09. The summed E-state index contributed by atoms with van der Waals surface area (Å²) in [5, 5.41) is 11.0. The highest BCUT2D eigenvalue weighted by Crippen LogP contribution is 2.29. The lowest BCUT2D eigenvalue weighted by Gasteiger charge is -2.14. The third kappa shape index (κ3) is 3.96. The molecule has 4 rings (SSSR count). The van der Waals surface area contributed by atoms with Crippen LogP contribution in [0.2, 0.25) is 0 Å². The Morgan fingerprint density at radius 3 is 2.25 bits per heavy atom. The van der Waals surface area contributed by atoms with Gasteiger partial charge in [0, 0.05) is 22.6 Å². The van der Waals surface area contributed by atoms with E-state index in [2.05, 4.69) is 35.3 Å². The number of aromatic hydroxyl groups is 1. The molecule has 1 fully saturated rings. The Morgan fingerprint density at radius 2 is 1.58 bits per heavy atom. The lowest BCUT2D eigenvalue weighted by molar-refractivity contribution is 0.466. The van der Waals surface area contributed by atoms with Crippen LogP contribution in [-0.4, -0.2) is 21.6 Å². The predicted molar refractivity (Wildman–Crippen MR) is 105 cm³/mol. The van der Waals surface area contributed by atoms with Crippen LogP contribution in [-0.2, 0) is 10.9 Å². The van der Waals surface area contributed by atoms with Gasteiger partial charge in [-0.25, -0.2) is 0 Å². The molecule has 126 valence electrons. The zero-order valence-electron chi connectivity index (χ0n) is 14.5.